The average molecular weight is 328 g/mol. The van der Waals surface area contributed by atoms with E-state index in [0.717, 1.165) is 11.3 Å². The molecule has 0 aromatic heterocycles. The molecule has 2 rings (SSSR count). The maximum absolute atomic E-state index is 13.7. The molecule has 2 amide bonds. The molecule has 24 heavy (non-hydrogen) atoms. The average Bonchev–Trinajstić information content (AvgIpc) is 2.52. The summed E-state index contributed by atoms with van der Waals surface area (Å²) < 4.78 is 13.7. The summed E-state index contributed by atoms with van der Waals surface area (Å²) in [6, 6.07) is 13.8. The molecule has 0 bridgehead atoms. The lowest BCUT2D eigenvalue weighted by Gasteiger charge is -2.21. The van der Waals surface area contributed by atoms with E-state index in [9.17, 15) is 14.0 Å². The van der Waals surface area contributed by atoms with Crippen molar-refractivity contribution < 1.29 is 14.0 Å². The molecular formula is C19H21FN2O2. The van der Waals surface area contributed by atoms with Crippen molar-refractivity contribution in [2.75, 3.05) is 11.9 Å². The fourth-order valence-electron chi connectivity index (χ4n) is 2.36. The molecule has 0 atom stereocenters. The van der Waals surface area contributed by atoms with Crippen molar-refractivity contribution in [1.29, 1.82) is 0 Å². The van der Waals surface area contributed by atoms with Crippen LogP contribution in [-0.4, -0.2) is 23.3 Å². The lowest BCUT2D eigenvalue weighted by atomic mass is 10.2. The molecule has 0 aliphatic carbocycles. The van der Waals surface area contributed by atoms with Gasteiger partial charge in [0.2, 0.25) is 11.8 Å². The molecule has 2 aromatic carbocycles. The number of benzene rings is 2. The van der Waals surface area contributed by atoms with Gasteiger partial charge in [0.05, 0.1) is 0 Å². The Morgan fingerprint density at radius 2 is 1.88 bits per heavy atom. The van der Waals surface area contributed by atoms with Crippen LogP contribution in [0.25, 0.3) is 0 Å². The van der Waals surface area contributed by atoms with Crippen molar-refractivity contribution in [2.24, 2.45) is 0 Å². The molecule has 0 unspecified atom stereocenters. The Hall–Kier alpha value is -2.69. The van der Waals surface area contributed by atoms with Crippen LogP contribution in [-0.2, 0) is 16.1 Å². The number of anilines is 1. The fourth-order valence-corrected chi connectivity index (χ4v) is 2.36. The smallest absolute Gasteiger partial charge is 0.226 e. The van der Waals surface area contributed by atoms with Gasteiger partial charge >= 0.3 is 0 Å². The van der Waals surface area contributed by atoms with Crippen molar-refractivity contribution in [3.05, 3.63) is 65.5 Å². The SMILES string of the molecule is CC(=O)N(CCC(=O)Nc1cccc(C)c1)Cc1ccccc1F. The van der Waals surface area contributed by atoms with Crippen molar-refractivity contribution in [3.8, 4) is 0 Å². The number of halogens is 1. The molecule has 0 fully saturated rings. The van der Waals surface area contributed by atoms with Crippen molar-refractivity contribution in [1.82, 2.24) is 4.90 Å². The molecular weight excluding hydrogens is 307 g/mol. The molecule has 0 heterocycles. The van der Waals surface area contributed by atoms with E-state index in [4.69, 9.17) is 0 Å². The molecule has 0 aliphatic rings. The summed E-state index contributed by atoms with van der Waals surface area (Å²) in [6.07, 6.45) is 0.155. The molecule has 0 saturated carbocycles. The highest BCUT2D eigenvalue weighted by Gasteiger charge is 2.14. The molecule has 0 spiro atoms. The summed E-state index contributed by atoms with van der Waals surface area (Å²) >= 11 is 0. The van der Waals surface area contributed by atoms with Gasteiger partial charge in [-0.05, 0) is 30.7 Å². The van der Waals surface area contributed by atoms with Gasteiger partial charge in [-0.1, -0.05) is 30.3 Å². The summed E-state index contributed by atoms with van der Waals surface area (Å²) in [4.78, 5) is 25.3. The number of amides is 2. The summed E-state index contributed by atoms with van der Waals surface area (Å²) in [7, 11) is 0. The van der Waals surface area contributed by atoms with Crippen LogP contribution < -0.4 is 5.32 Å². The minimum Gasteiger partial charge on any atom is -0.338 e. The zero-order valence-corrected chi connectivity index (χ0v) is 13.9. The molecule has 2 aromatic rings. The highest BCUT2D eigenvalue weighted by molar-refractivity contribution is 5.91. The Labute approximate surface area is 141 Å². The van der Waals surface area contributed by atoms with Crippen LogP contribution in [0.1, 0.15) is 24.5 Å². The Balaban J connectivity index is 1.92. The Bertz CT molecular complexity index is 731. The molecule has 126 valence electrons. The van der Waals surface area contributed by atoms with E-state index < -0.39 is 0 Å². The predicted octanol–water partition coefficient (Wildman–Crippen LogP) is 3.51. The largest absolute Gasteiger partial charge is 0.338 e. The summed E-state index contributed by atoms with van der Waals surface area (Å²) in [6.45, 7) is 3.75. The first kappa shape index (κ1) is 17.7. The second-order valence-corrected chi connectivity index (χ2v) is 5.70. The molecule has 5 heteroatoms. The standard InChI is InChI=1S/C19H21FN2O2/c1-14-6-5-8-17(12-14)21-19(24)10-11-22(15(2)23)13-16-7-3-4-9-18(16)20/h3-9,12H,10-11,13H2,1-2H3,(H,21,24). The topological polar surface area (TPSA) is 49.4 Å². The number of nitrogens with zero attached hydrogens (tertiary/aromatic N) is 1. The predicted molar refractivity (Wildman–Crippen MR) is 91.9 cm³/mol. The van der Waals surface area contributed by atoms with E-state index in [1.54, 1.807) is 18.2 Å². The number of nitrogens with one attached hydrogen (secondary N) is 1. The lowest BCUT2D eigenvalue weighted by Crippen LogP contribution is -2.31. The third kappa shape index (κ3) is 5.19. The number of rotatable bonds is 6. The van der Waals surface area contributed by atoms with Crippen LogP contribution in [0.3, 0.4) is 0 Å². The van der Waals surface area contributed by atoms with Crippen molar-refractivity contribution in [2.45, 2.75) is 26.8 Å². The number of aryl methyl sites for hydroxylation is 1. The third-order valence-corrected chi connectivity index (χ3v) is 3.67. The number of hydrogen-bond acceptors (Lipinski definition) is 2. The zero-order valence-electron chi connectivity index (χ0n) is 13.9. The van der Waals surface area contributed by atoms with Gasteiger partial charge in [-0.15, -0.1) is 0 Å². The van der Waals surface area contributed by atoms with Crippen LogP contribution in [0.4, 0.5) is 10.1 Å². The lowest BCUT2D eigenvalue weighted by molar-refractivity contribution is -0.130. The monoisotopic (exact) mass is 328 g/mol. The molecule has 0 saturated heterocycles. The minimum absolute atomic E-state index is 0.153. The second kappa shape index (κ2) is 8.24. The van der Waals surface area contributed by atoms with E-state index in [1.807, 2.05) is 31.2 Å². The number of carbonyl (C=O) groups is 2. The van der Waals surface area contributed by atoms with Gasteiger partial charge < -0.3 is 10.2 Å². The van der Waals surface area contributed by atoms with Gasteiger partial charge in [-0.25, -0.2) is 4.39 Å². The minimum atomic E-state index is -0.354. The molecule has 1 N–H and O–H groups in total. The van der Waals surface area contributed by atoms with E-state index in [0.29, 0.717) is 5.56 Å². The van der Waals surface area contributed by atoms with Gasteiger partial charge in [-0.3, -0.25) is 9.59 Å². The first-order chi connectivity index (χ1) is 11.5. The van der Waals surface area contributed by atoms with Gasteiger partial charge in [0.25, 0.3) is 0 Å². The van der Waals surface area contributed by atoms with Gasteiger partial charge in [-0.2, -0.15) is 0 Å². The fraction of sp³-hybridized carbons (Fsp3) is 0.263. The van der Waals surface area contributed by atoms with Crippen LogP contribution in [0.15, 0.2) is 48.5 Å². The van der Waals surface area contributed by atoms with Gasteiger partial charge in [0.1, 0.15) is 5.82 Å². The summed E-state index contributed by atoms with van der Waals surface area (Å²) in [5.41, 5.74) is 2.22. The third-order valence-electron chi connectivity index (χ3n) is 3.67. The van der Waals surface area contributed by atoms with Crippen LogP contribution in [0.5, 0.6) is 0 Å². The molecule has 0 aliphatic heterocycles. The van der Waals surface area contributed by atoms with E-state index >= 15 is 0 Å². The quantitative estimate of drug-likeness (QED) is 0.882. The van der Waals surface area contributed by atoms with E-state index in [2.05, 4.69) is 5.32 Å². The summed E-state index contributed by atoms with van der Waals surface area (Å²) in [5.74, 6) is -0.727. The van der Waals surface area contributed by atoms with Crippen LogP contribution in [0.2, 0.25) is 0 Å². The maximum atomic E-state index is 13.7. The first-order valence-corrected chi connectivity index (χ1v) is 7.81. The maximum Gasteiger partial charge on any atom is 0.226 e. The zero-order chi connectivity index (χ0) is 17.5. The first-order valence-electron chi connectivity index (χ1n) is 7.81. The van der Waals surface area contributed by atoms with E-state index in [1.165, 1.54) is 17.9 Å². The second-order valence-electron chi connectivity index (χ2n) is 5.70. The Morgan fingerprint density at radius 3 is 2.54 bits per heavy atom. The number of hydrogen-bond donors (Lipinski definition) is 1. The normalized spacial score (nSPS) is 10.3. The highest BCUT2D eigenvalue weighted by atomic mass is 19.1. The van der Waals surface area contributed by atoms with Gasteiger partial charge in [0, 0.05) is 37.7 Å². The van der Waals surface area contributed by atoms with Crippen molar-refractivity contribution in [3.63, 3.8) is 0 Å². The summed E-state index contributed by atoms with van der Waals surface area (Å²) in [5, 5.41) is 2.80. The Morgan fingerprint density at radius 1 is 1.12 bits per heavy atom. The highest BCUT2D eigenvalue weighted by Crippen LogP contribution is 2.12. The molecule has 0 radical (unpaired) electrons. The van der Waals surface area contributed by atoms with Crippen LogP contribution >= 0.6 is 0 Å². The molecule has 4 nitrogen and oxygen atoms in total. The van der Waals surface area contributed by atoms with Crippen LogP contribution in [0, 0.1) is 12.7 Å². The van der Waals surface area contributed by atoms with E-state index in [-0.39, 0.29) is 37.1 Å². The number of carbonyl (C=O) groups excluding carboxylic acids is 2. The Kier molecular flexibility index (Phi) is 6.07. The van der Waals surface area contributed by atoms with Crippen molar-refractivity contribution >= 4 is 17.5 Å². The van der Waals surface area contributed by atoms with Gasteiger partial charge in [0.15, 0.2) is 0 Å².